The minimum absolute atomic E-state index is 0.0493. The van der Waals surface area contributed by atoms with Gasteiger partial charge in [0.2, 0.25) is 0 Å². The number of nitrogens with zero attached hydrogens (tertiary/aromatic N) is 1. The smallest absolute Gasteiger partial charge is 0.402 e. The van der Waals surface area contributed by atoms with Crippen molar-refractivity contribution in [1.82, 2.24) is 4.90 Å². The van der Waals surface area contributed by atoms with Crippen LogP contribution in [-0.4, -0.2) is 65.8 Å². The minimum atomic E-state index is -1.38. The molecule has 0 saturated carbocycles. The van der Waals surface area contributed by atoms with Crippen molar-refractivity contribution in [3.63, 3.8) is 0 Å². The van der Waals surface area contributed by atoms with Crippen LogP contribution in [-0.2, 0) is 14.0 Å². The van der Waals surface area contributed by atoms with Crippen molar-refractivity contribution in [2.24, 2.45) is 0 Å². The predicted octanol–water partition coefficient (Wildman–Crippen LogP) is 0.754. The highest BCUT2D eigenvalue weighted by atomic mass is 16.7. The molecule has 2 aliphatic rings. The maximum atomic E-state index is 12.5. The zero-order chi connectivity index (χ0) is 18.2. The van der Waals surface area contributed by atoms with Gasteiger partial charge in [0.1, 0.15) is 11.7 Å². The Morgan fingerprint density at radius 3 is 2.28 bits per heavy atom. The van der Waals surface area contributed by atoms with E-state index in [1.54, 1.807) is 49.9 Å². The zero-order valence-electron chi connectivity index (χ0n) is 14.8. The number of rotatable bonds is 3. The van der Waals surface area contributed by atoms with E-state index >= 15 is 0 Å². The number of aliphatic hydroxyl groups is 1. The van der Waals surface area contributed by atoms with Crippen molar-refractivity contribution < 1.29 is 29.0 Å². The molecule has 25 heavy (non-hydrogen) atoms. The maximum Gasteiger partial charge on any atom is 0.637 e. The Morgan fingerprint density at radius 2 is 1.76 bits per heavy atom. The first-order chi connectivity index (χ1) is 11.7. The van der Waals surface area contributed by atoms with Gasteiger partial charge in [-0.15, -0.1) is 0 Å². The first-order valence-electron chi connectivity index (χ1n) is 8.43. The van der Waals surface area contributed by atoms with Crippen molar-refractivity contribution >= 4 is 13.2 Å². The van der Waals surface area contributed by atoms with Crippen LogP contribution in [0.1, 0.15) is 42.8 Å². The monoisotopic (exact) mass is 349 g/mol. The van der Waals surface area contributed by atoms with Gasteiger partial charge >= 0.3 is 7.32 Å². The number of ether oxygens (including phenoxy) is 1. The third-order valence-corrected chi connectivity index (χ3v) is 5.23. The summed E-state index contributed by atoms with van der Waals surface area (Å²) in [7, 11) is -1.38. The number of morpholine rings is 1. The summed E-state index contributed by atoms with van der Waals surface area (Å²) in [6.07, 6.45) is -1.02. The maximum absolute atomic E-state index is 12.5. The number of carbonyl (C=O) groups excluding carboxylic acids is 1. The molecule has 1 aromatic carbocycles. The van der Waals surface area contributed by atoms with Crippen LogP contribution in [0.2, 0.25) is 0 Å². The highest BCUT2D eigenvalue weighted by Crippen LogP contribution is 2.44. The first kappa shape index (κ1) is 18.3. The Hall–Kier alpha value is -1.45. The van der Waals surface area contributed by atoms with Crippen LogP contribution in [0.5, 0.6) is 0 Å². The summed E-state index contributed by atoms with van der Waals surface area (Å²) >= 11 is 0. The van der Waals surface area contributed by atoms with Gasteiger partial charge in [-0.1, -0.05) is 12.1 Å². The molecule has 2 unspecified atom stereocenters. The van der Waals surface area contributed by atoms with Crippen LogP contribution < -0.4 is 0 Å². The largest absolute Gasteiger partial charge is 0.637 e. The quantitative estimate of drug-likeness (QED) is 0.783. The fourth-order valence-electron chi connectivity index (χ4n) is 3.21. The lowest BCUT2D eigenvalue weighted by Crippen LogP contribution is -2.49. The van der Waals surface area contributed by atoms with Gasteiger partial charge < -0.3 is 29.1 Å². The van der Waals surface area contributed by atoms with Crippen LogP contribution in [0, 0.1) is 0 Å². The van der Waals surface area contributed by atoms with E-state index in [1.165, 1.54) is 0 Å². The fourth-order valence-corrected chi connectivity index (χ4v) is 3.21. The predicted molar refractivity (Wildman–Crippen MR) is 90.8 cm³/mol. The van der Waals surface area contributed by atoms with Gasteiger partial charge in [0.15, 0.2) is 0 Å². The molecule has 8 heteroatoms. The fraction of sp³-hybridized carbons (Fsp3) is 0.588. The molecule has 2 fully saturated rings. The topological polar surface area (TPSA) is 88.5 Å². The molecule has 1 amide bonds. The molecule has 0 radical (unpaired) electrons. The number of hydrogen-bond acceptors (Lipinski definition) is 6. The molecule has 2 aliphatic heterocycles. The first-order valence-corrected chi connectivity index (χ1v) is 8.43. The minimum Gasteiger partial charge on any atom is -0.402 e. The van der Waals surface area contributed by atoms with Crippen LogP contribution in [0.25, 0.3) is 0 Å². The summed E-state index contributed by atoms with van der Waals surface area (Å²) in [5.74, 6) is -0.0493. The normalized spacial score (nSPS) is 27.4. The van der Waals surface area contributed by atoms with E-state index < -0.39 is 24.6 Å². The van der Waals surface area contributed by atoms with E-state index in [9.17, 15) is 14.9 Å². The highest BCUT2D eigenvalue weighted by molar-refractivity contribution is 6.35. The third-order valence-electron chi connectivity index (χ3n) is 5.23. The molecule has 3 rings (SSSR count). The van der Waals surface area contributed by atoms with Gasteiger partial charge in [0, 0.05) is 18.7 Å². The van der Waals surface area contributed by atoms with Crippen LogP contribution in [0.4, 0.5) is 0 Å². The van der Waals surface area contributed by atoms with Crippen molar-refractivity contribution in [3.05, 3.63) is 35.4 Å². The number of amides is 1. The standard InChI is InChI=1S/C17H24BNO6/c1-16(2)17(3,25-18(22)24-16)14(20)12-4-6-13(7-5-12)15(21)19-8-10-23-11-9-19/h4-7,14,20,22H,8-11H2,1-3H3. The molecule has 2 heterocycles. The summed E-state index contributed by atoms with van der Waals surface area (Å²) in [6, 6.07) is 6.79. The Labute approximate surface area is 147 Å². The van der Waals surface area contributed by atoms with E-state index in [0.29, 0.717) is 37.4 Å². The molecule has 2 N–H and O–H groups in total. The Bertz CT molecular complexity index is 631. The summed E-state index contributed by atoms with van der Waals surface area (Å²) in [5.41, 5.74) is -0.853. The number of hydrogen-bond donors (Lipinski definition) is 2. The van der Waals surface area contributed by atoms with E-state index in [0.717, 1.165) is 0 Å². The average molecular weight is 349 g/mol. The summed E-state index contributed by atoms with van der Waals surface area (Å²) < 4.78 is 16.1. The molecule has 136 valence electrons. The molecule has 2 saturated heterocycles. The molecule has 0 bridgehead atoms. The molecule has 0 spiro atoms. The Balaban J connectivity index is 1.77. The van der Waals surface area contributed by atoms with Crippen LogP contribution >= 0.6 is 0 Å². The SMILES string of the molecule is CC1(C)OB(O)OC1(C)C(O)c1ccc(C(=O)N2CCOCC2)cc1. The van der Waals surface area contributed by atoms with Crippen LogP contribution in [0.3, 0.4) is 0 Å². The van der Waals surface area contributed by atoms with Gasteiger partial charge in [-0.2, -0.15) is 0 Å². The van der Waals surface area contributed by atoms with Gasteiger partial charge in [-0.3, -0.25) is 4.79 Å². The van der Waals surface area contributed by atoms with Crippen molar-refractivity contribution in [2.45, 2.75) is 38.1 Å². The second kappa shape index (κ2) is 6.70. The summed E-state index contributed by atoms with van der Waals surface area (Å²) in [5, 5.41) is 20.4. The second-order valence-corrected chi connectivity index (χ2v) is 7.09. The van der Waals surface area contributed by atoms with Crippen molar-refractivity contribution in [1.29, 1.82) is 0 Å². The molecule has 7 nitrogen and oxygen atoms in total. The Morgan fingerprint density at radius 1 is 1.16 bits per heavy atom. The second-order valence-electron chi connectivity index (χ2n) is 7.09. The molecular weight excluding hydrogens is 325 g/mol. The lowest BCUT2D eigenvalue weighted by molar-refractivity contribution is -0.0998. The van der Waals surface area contributed by atoms with E-state index in [1.807, 2.05) is 0 Å². The van der Waals surface area contributed by atoms with Crippen molar-refractivity contribution in [2.75, 3.05) is 26.3 Å². The van der Waals surface area contributed by atoms with Gasteiger partial charge in [0.05, 0.1) is 18.8 Å². The Kier molecular flexibility index (Phi) is 4.92. The molecule has 0 aromatic heterocycles. The molecule has 0 aliphatic carbocycles. The molecular formula is C17H24BNO6. The summed E-state index contributed by atoms with van der Waals surface area (Å²) in [4.78, 5) is 14.2. The van der Waals surface area contributed by atoms with Gasteiger partial charge in [-0.05, 0) is 38.5 Å². The van der Waals surface area contributed by atoms with Crippen molar-refractivity contribution in [3.8, 4) is 0 Å². The lowest BCUT2D eigenvalue weighted by atomic mass is 9.80. The lowest BCUT2D eigenvalue weighted by Gasteiger charge is -2.40. The van der Waals surface area contributed by atoms with E-state index in [-0.39, 0.29) is 5.91 Å². The number of benzene rings is 1. The number of carbonyl (C=O) groups is 1. The molecule has 2 atom stereocenters. The van der Waals surface area contributed by atoms with Crippen LogP contribution in [0.15, 0.2) is 24.3 Å². The van der Waals surface area contributed by atoms with Gasteiger partial charge in [0.25, 0.3) is 5.91 Å². The van der Waals surface area contributed by atoms with E-state index in [4.69, 9.17) is 14.0 Å². The summed E-state index contributed by atoms with van der Waals surface area (Å²) in [6.45, 7) is 7.47. The third kappa shape index (κ3) is 3.32. The van der Waals surface area contributed by atoms with E-state index in [2.05, 4.69) is 0 Å². The van der Waals surface area contributed by atoms with Gasteiger partial charge in [-0.25, -0.2) is 0 Å². The molecule has 1 aromatic rings. The average Bonchev–Trinajstić information content (AvgIpc) is 2.82. The highest BCUT2D eigenvalue weighted by Gasteiger charge is 2.58. The number of aliphatic hydroxyl groups excluding tert-OH is 1. The zero-order valence-corrected chi connectivity index (χ0v) is 14.8.